The molecule has 0 unspecified atom stereocenters. The normalized spacial score (nSPS) is 19.1. The Morgan fingerprint density at radius 2 is 1.66 bits per heavy atom. The number of pyridine rings is 1. The molecule has 0 radical (unpaired) electrons. The number of halogens is 1. The summed E-state index contributed by atoms with van der Waals surface area (Å²) in [7, 11) is 0. The highest BCUT2D eigenvalue weighted by Gasteiger charge is 2.30. The van der Waals surface area contributed by atoms with Gasteiger partial charge in [-0.2, -0.15) is 5.26 Å². The zero-order valence-electron chi connectivity index (χ0n) is 18.4. The summed E-state index contributed by atoms with van der Waals surface area (Å²) in [5.74, 6) is 1.94. The summed E-state index contributed by atoms with van der Waals surface area (Å²) in [6, 6.07) is 13.1. The lowest BCUT2D eigenvalue weighted by Gasteiger charge is -2.37. The number of nitrogens with zero attached hydrogens (tertiary/aromatic N) is 5. The standard InChI is InChI=1S/C24H30N6O.ClH/c25-16-21-22-18-28(17-19-4-2-1-3-5-19)9-6-20(22)23(29-10-7-26-8-11-29)27-24(21)30-12-14-31-15-13-30;/h1-5,26H,6-15,17-18H2;1H. The van der Waals surface area contributed by atoms with Crippen LogP contribution in [0.4, 0.5) is 11.6 Å². The molecule has 0 bridgehead atoms. The Kier molecular flexibility index (Phi) is 7.48. The third-order valence-electron chi connectivity index (χ3n) is 6.52. The van der Waals surface area contributed by atoms with Gasteiger partial charge in [-0.3, -0.25) is 4.90 Å². The van der Waals surface area contributed by atoms with E-state index in [9.17, 15) is 5.26 Å². The molecule has 0 saturated carbocycles. The quantitative estimate of drug-likeness (QED) is 0.759. The van der Waals surface area contributed by atoms with Crippen LogP contribution >= 0.6 is 12.4 Å². The number of hydrogen-bond donors (Lipinski definition) is 1. The second kappa shape index (κ2) is 10.5. The molecule has 170 valence electrons. The number of benzene rings is 1. The maximum atomic E-state index is 10.2. The van der Waals surface area contributed by atoms with Crippen molar-refractivity contribution < 1.29 is 4.74 Å². The molecule has 3 aliphatic heterocycles. The largest absolute Gasteiger partial charge is 0.378 e. The monoisotopic (exact) mass is 454 g/mol. The number of nitrogens with one attached hydrogen (secondary N) is 1. The van der Waals surface area contributed by atoms with Crippen molar-refractivity contribution in [2.45, 2.75) is 19.5 Å². The molecule has 32 heavy (non-hydrogen) atoms. The predicted molar refractivity (Wildman–Crippen MR) is 129 cm³/mol. The second-order valence-electron chi connectivity index (χ2n) is 8.49. The van der Waals surface area contributed by atoms with E-state index in [1.165, 1.54) is 16.7 Å². The van der Waals surface area contributed by atoms with Gasteiger partial charge in [-0.05, 0) is 17.5 Å². The van der Waals surface area contributed by atoms with Gasteiger partial charge in [0, 0.05) is 64.5 Å². The highest BCUT2D eigenvalue weighted by Crippen LogP contribution is 2.36. The molecule has 1 aromatic heterocycles. The minimum atomic E-state index is 0. The SMILES string of the molecule is Cl.N#Cc1c(N2CCOCC2)nc(N2CCNCC2)c2c1CN(Cc1ccccc1)CC2. The van der Waals surface area contributed by atoms with Gasteiger partial charge in [0.15, 0.2) is 0 Å². The van der Waals surface area contributed by atoms with Crippen molar-refractivity contribution in [3.8, 4) is 6.07 Å². The van der Waals surface area contributed by atoms with Gasteiger partial charge in [0.1, 0.15) is 17.7 Å². The molecule has 2 aromatic rings. The number of aromatic nitrogens is 1. The van der Waals surface area contributed by atoms with Crippen LogP contribution in [0.3, 0.4) is 0 Å². The highest BCUT2D eigenvalue weighted by molar-refractivity contribution is 5.85. The predicted octanol–water partition coefficient (Wildman–Crippen LogP) is 2.18. The zero-order valence-corrected chi connectivity index (χ0v) is 19.2. The van der Waals surface area contributed by atoms with Crippen LogP contribution < -0.4 is 15.1 Å². The Morgan fingerprint density at radius 3 is 2.38 bits per heavy atom. The molecule has 1 N–H and O–H groups in total. The first-order valence-electron chi connectivity index (χ1n) is 11.3. The summed E-state index contributed by atoms with van der Waals surface area (Å²) < 4.78 is 5.56. The fourth-order valence-electron chi connectivity index (χ4n) is 4.89. The number of ether oxygens (including phenoxy) is 1. The molecule has 0 aliphatic carbocycles. The van der Waals surface area contributed by atoms with E-state index >= 15 is 0 Å². The summed E-state index contributed by atoms with van der Waals surface area (Å²) in [6.07, 6.45) is 0.937. The Bertz CT molecular complexity index is 951. The summed E-state index contributed by atoms with van der Waals surface area (Å²) in [5, 5.41) is 13.6. The minimum absolute atomic E-state index is 0. The van der Waals surface area contributed by atoms with Crippen LogP contribution in [0.2, 0.25) is 0 Å². The first kappa shape index (κ1) is 22.8. The van der Waals surface area contributed by atoms with E-state index in [1.807, 2.05) is 0 Å². The third-order valence-corrected chi connectivity index (χ3v) is 6.52. The first-order chi connectivity index (χ1) is 15.3. The molecular formula is C24H31ClN6O. The van der Waals surface area contributed by atoms with Crippen LogP contribution in [0, 0.1) is 11.3 Å². The number of fused-ring (bicyclic) bond motifs is 1. The van der Waals surface area contributed by atoms with Crippen molar-refractivity contribution in [2.24, 2.45) is 0 Å². The molecule has 8 heteroatoms. The van der Waals surface area contributed by atoms with Crippen molar-refractivity contribution >= 4 is 24.0 Å². The summed E-state index contributed by atoms with van der Waals surface area (Å²) in [5.41, 5.74) is 4.53. The molecule has 1 aromatic carbocycles. The van der Waals surface area contributed by atoms with Gasteiger partial charge in [0.25, 0.3) is 0 Å². The first-order valence-corrected chi connectivity index (χ1v) is 11.3. The summed E-state index contributed by atoms with van der Waals surface area (Å²) in [6.45, 7) is 9.51. The third kappa shape index (κ3) is 4.69. The van der Waals surface area contributed by atoms with E-state index in [4.69, 9.17) is 9.72 Å². The lowest BCUT2D eigenvalue weighted by Crippen LogP contribution is -2.45. The van der Waals surface area contributed by atoms with Crippen molar-refractivity contribution in [1.82, 2.24) is 15.2 Å². The maximum Gasteiger partial charge on any atom is 0.149 e. The summed E-state index contributed by atoms with van der Waals surface area (Å²) in [4.78, 5) is 12.3. The average molecular weight is 455 g/mol. The van der Waals surface area contributed by atoms with Gasteiger partial charge in [-0.25, -0.2) is 4.98 Å². The fourth-order valence-corrected chi connectivity index (χ4v) is 4.89. The van der Waals surface area contributed by atoms with Crippen LogP contribution in [0.5, 0.6) is 0 Å². The smallest absolute Gasteiger partial charge is 0.149 e. The maximum absolute atomic E-state index is 10.2. The molecule has 0 spiro atoms. The molecule has 4 heterocycles. The van der Waals surface area contributed by atoms with Gasteiger partial charge in [0.2, 0.25) is 0 Å². The van der Waals surface area contributed by atoms with E-state index in [0.717, 1.165) is 82.5 Å². The van der Waals surface area contributed by atoms with Crippen LogP contribution in [0.25, 0.3) is 0 Å². The van der Waals surface area contributed by atoms with E-state index in [0.29, 0.717) is 13.2 Å². The molecule has 5 rings (SSSR count). The number of morpholine rings is 1. The number of anilines is 2. The van der Waals surface area contributed by atoms with E-state index in [2.05, 4.69) is 56.4 Å². The molecule has 2 fully saturated rings. The van der Waals surface area contributed by atoms with Gasteiger partial charge >= 0.3 is 0 Å². The fraction of sp³-hybridized carbons (Fsp3) is 0.500. The topological polar surface area (TPSA) is 67.7 Å². The van der Waals surface area contributed by atoms with Crippen LogP contribution in [-0.4, -0.2) is 68.9 Å². The summed E-state index contributed by atoms with van der Waals surface area (Å²) >= 11 is 0. The van der Waals surface area contributed by atoms with E-state index in [1.54, 1.807) is 0 Å². The van der Waals surface area contributed by atoms with Crippen LogP contribution in [0.1, 0.15) is 22.3 Å². The van der Waals surface area contributed by atoms with Gasteiger partial charge in [-0.1, -0.05) is 30.3 Å². The molecular weight excluding hydrogens is 424 g/mol. The molecule has 2 saturated heterocycles. The Balaban J connectivity index is 0.00000245. The number of piperazine rings is 1. The molecule has 3 aliphatic rings. The lowest BCUT2D eigenvalue weighted by molar-refractivity contribution is 0.122. The number of hydrogen-bond acceptors (Lipinski definition) is 7. The zero-order chi connectivity index (χ0) is 21.0. The average Bonchev–Trinajstić information content (AvgIpc) is 2.84. The van der Waals surface area contributed by atoms with Gasteiger partial charge in [0.05, 0.1) is 18.8 Å². The highest BCUT2D eigenvalue weighted by atomic mass is 35.5. The van der Waals surface area contributed by atoms with Gasteiger partial charge in [-0.15, -0.1) is 12.4 Å². The van der Waals surface area contributed by atoms with Crippen molar-refractivity contribution in [1.29, 1.82) is 5.26 Å². The molecule has 0 amide bonds. The van der Waals surface area contributed by atoms with Crippen molar-refractivity contribution in [3.63, 3.8) is 0 Å². The Hall–Kier alpha value is -2.37. The van der Waals surface area contributed by atoms with Crippen LogP contribution in [-0.2, 0) is 24.2 Å². The number of nitriles is 1. The minimum Gasteiger partial charge on any atom is -0.378 e. The number of rotatable bonds is 4. The second-order valence-corrected chi connectivity index (χ2v) is 8.49. The lowest BCUT2D eigenvalue weighted by atomic mass is 9.94. The molecule has 7 nitrogen and oxygen atoms in total. The Labute approximate surface area is 196 Å². The molecule has 0 atom stereocenters. The van der Waals surface area contributed by atoms with Crippen molar-refractivity contribution in [3.05, 3.63) is 52.6 Å². The van der Waals surface area contributed by atoms with Gasteiger partial charge < -0.3 is 19.9 Å². The Morgan fingerprint density at radius 1 is 0.938 bits per heavy atom. The van der Waals surface area contributed by atoms with Crippen molar-refractivity contribution in [2.75, 3.05) is 68.8 Å². The van der Waals surface area contributed by atoms with E-state index < -0.39 is 0 Å². The van der Waals surface area contributed by atoms with Crippen LogP contribution in [0.15, 0.2) is 30.3 Å². The van der Waals surface area contributed by atoms with E-state index in [-0.39, 0.29) is 12.4 Å².